The highest BCUT2D eigenvalue weighted by molar-refractivity contribution is 5.86. The molecule has 0 saturated carbocycles. The van der Waals surface area contributed by atoms with Crippen molar-refractivity contribution >= 4 is 11.9 Å². The summed E-state index contributed by atoms with van der Waals surface area (Å²) in [6, 6.07) is 0. The van der Waals surface area contributed by atoms with Crippen molar-refractivity contribution in [2.75, 3.05) is 25.1 Å². The van der Waals surface area contributed by atoms with Crippen LogP contribution in [0.25, 0.3) is 0 Å². The van der Waals surface area contributed by atoms with Crippen molar-refractivity contribution in [2.24, 2.45) is 4.99 Å². The number of hydrogen-bond acceptors (Lipinski definition) is 3. The topological polar surface area (TPSA) is 24.8 Å². The van der Waals surface area contributed by atoms with E-state index in [1.165, 1.54) is 33.5 Å². The van der Waals surface area contributed by atoms with Crippen LogP contribution in [0.15, 0.2) is 4.99 Å². The second-order valence-corrected chi connectivity index (χ2v) is 6.99. The average molecular weight is 286 g/mol. The summed E-state index contributed by atoms with van der Waals surface area (Å²) in [5.74, 6) is 0. The molecule has 2 heterocycles. The fourth-order valence-corrected chi connectivity index (χ4v) is 4.25. The van der Waals surface area contributed by atoms with Crippen molar-refractivity contribution in [2.45, 2.75) is 52.7 Å². The van der Waals surface area contributed by atoms with E-state index in [2.05, 4.69) is 58.5 Å². The number of benzene rings is 1. The molecule has 3 heteroatoms. The van der Waals surface area contributed by atoms with Gasteiger partial charge in [0.15, 0.2) is 5.72 Å². The van der Waals surface area contributed by atoms with Gasteiger partial charge in [-0.1, -0.05) is 13.8 Å². The number of ether oxygens (including phenoxy) is 1. The van der Waals surface area contributed by atoms with Gasteiger partial charge in [0.2, 0.25) is 0 Å². The van der Waals surface area contributed by atoms with Crippen molar-refractivity contribution in [1.82, 2.24) is 0 Å². The Bertz CT molecular complexity index is 645. The van der Waals surface area contributed by atoms with Gasteiger partial charge in [-0.05, 0) is 55.5 Å². The summed E-state index contributed by atoms with van der Waals surface area (Å²) in [7, 11) is 2.14. The van der Waals surface area contributed by atoms with Gasteiger partial charge in [-0.2, -0.15) is 0 Å². The third-order valence-electron chi connectivity index (χ3n) is 5.82. The first-order valence-electron chi connectivity index (χ1n) is 7.75. The van der Waals surface area contributed by atoms with Crippen LogP contribution >= 0.6 is 0 Å². The highest BCUT2D eigenvalue weighted by atomic mass is 16.5. The minimum absolute atomic E-state index is 0.117. The molecule has 0 bridgehead atoms. The normalized spacial score (nSPS) is 26.5. The van der Waals surface area contributed by atoms with Gasteiger partial charge in [-0.3, -0.25) is 4.99 Å². The average Bonchev–Trinajstić information content (AvgIpc) is 2.62. The summed E-state index contributed by atoms with van der Waals surface area (Å²) in [5, 5.41) is 0. The molecule has 3 nitrogen and oxygen atoms in total. The first-order chi connectivity index (χ1) is 9.75. The summed E-state index contributed by atoms with van der Waals surface area (Å²) >= 11 is 0. The van der Waals surface area contributed by atoms with Crippen molar-refractivity contribution < 1.29 is 4.74 Å². The molecule has 0 fully saturated rings. The van der Waals surface area contributed by atoms with Crippen molar-refractivity contribution in [3.05, 3.63) is 27.8 Å². The molecule has 0 saturated heterocycles. The highest BCUT2D eigenvalue weighted by Crippen LogP contribution is 2.54. The van der Waals surface area contributed by atoms with Gasteiger partial charge in [0.1, 0.15) is 0 Å². The van der Waals surface area contributed by atoms with Crippen LogP contribution in [0.3, 0.4) is 0 Å². The smallest absolute Gasteiger partial charge is 0.186 e. The maximum Gasteiger partial charge on any atom is 0.186 e. The molecule has 0 N–H and O–H groups in total. The molecule has 0 radical (unpaired) electrons. The van der Waals surface area contributed by atoms with Gasteiger partial charge >= 0.3 is 0 Å². The van der Waals surface area contributed by atoms with E-state index in [9.17, 15) is 0 Å². The van der Waals surface area contributed by atoms with Crippen LogP contribution in [-0.2, 0) is 10.2 Å². The summed E-state index contributed by atoms with van der Waals surface area (Å²) in [6.45, 7) is 14.9. The van der Waals surface area contributed by atoms with Crippen LogP contribution < -0.4 is 4.90 Å². The Morgan fingerprint density at radius 3 is 2.24 bits per heavy atom. The quantitative estimate of drug-likeness (QED) is 0.730. The standard InChI is InChI=1S/C18H26N2O/c1-11-12(2)14(4)16-15(13(11)3)17(5,6)18(20(16)7)10-19-8-9-21-18/h10H,8-9H2,1-7H3. The van der Waals surface area contributed by atoms with Gasteiger partial charge in [-0.25, -0.2) is 0 Å². The fraction of sp³-hybridized carbons (Fsp3) is 0.611. The number of rotatable bonds is 0. The minimum atomic E-state index is -0.455. The first kappa shape index (κ1) is 14.6. The maximum atomic E-state index is 6.30. The highest BCUT2D eigenvalue weighted by Gasteiger charge is 2.58. The molecule has 2 aliphatic heterocycles. The van der Waals surface area contributed by atoms with Crippen LogP contribution in [0.1, 0.15) is 41.7 Å². The first-order valence-corrected chi connectivity index (χ1v) is 7.75. The van der Waals surface area contributed by atoms with E-state index in [4.69, 9.17) is 4.74 Å². The Labute approximate surface area is 128 Å². The SMILES string of the molecule is Cc1c(C)c(C)c2c(c1C)N(C)C1(C=NCCO1)C2(C)C. The third kappa shape index (κ3) is 1.56. The lowest BCUT2D eigenvalue weighted by Gasteiger charge is -2.44. The van der Waals surface area contributed by atoms with Crippen LogP contribution in [-0.4, -0.2) is 32.1 Å². The Balaban J connectivity index is 2.37. The van der Waals surface area contributed by atoms with E-state index >= 15 is 0 Å². The largest absolute Gasteiger partial charge is 0.348 e. The minimum Gasteiger partial charge on any atom is -0.348 e. The van der Waals surface area contributed by atoms with Crippen LogP contribution in [0.4, 0.5) is 5.69 Å². The predicted octanol–water partition coefficient (Wildman–Crippen LogP) is 3.44. The molecular weight excluding hydrogens is 260 g/mol. The van der Waals surface area contributed by atoms with E-state index in [1.54, 1.807) is 0 Å². The Kier molecular flexibility index (Phi) is 3.00. The molecule has 3 rings (SSSR count). The summed E-state index contributed by atoms with van der Waals surface area (Å²) in [6.07, 6.45) is 2.03. The van der Waals surface area contributed by atoms with Crippen LogP contribution in [0.2, 0.25) is 0 Å². The number of likely N-dealkylation sites (N-methyl/N-ethyl adjacent to an activating group) is 1. The molecule has 0 aliphatic carbocycles. The summed E-state index contributed by atoms with van der Waals surface area (Å²) in [4.78, 5) is 6.86. The van der Waals surface area contributed by atoms with Crippen LogP contribution in [0.5, 0.6) is 0 Å². The zero-order valence-corrected chi connectivity index (χ0v) is 14.3. The van der Waals surface area contributed by atoms with Crippen LogP contribution in [0, 0.1) is 27.7 Å². The number of nitrogens with zero attached hydrogens (tertiary/aromatic N) is 2. The zero-order valence-electron chi connectivity index (χ0n) is 14.3. The van der Waals surface area contributed by atoms with E-state index in [-0.39, 0.29) is 5.41 Å². The van der Waals surface area contributed by atoms with E-state index < -0.39 is 5.72 Å². The number of anilines is 1. The van der Waals surface area contributed by atoms with E-state index in [1.807, 2.05) is 6.21 Å². The molecule has 0 aromatic heterocycles. The molecule has 114 valence electrons. The lowest BCUT2D eigenvalue weighted by Crippen LogP contribution is -2.59. The zero-order chi connectivity index (χ0) is 15.6. The summed E-state index contributed by atoms with van der Waals surface area (Å²) in [5.41, 5.74) is 7.72. The monoisotopic (exact) mass is 286 g/mol. The summed E-state index contributed by atoms with van der Waals surface area (Å²) < 4.78 is 6.30. The van der Waals surface area contributed by atoms with E-state index in [0.717, 1.165) is 6.54 Å². The maximum absolute atomic E-state index is 6.30. The molecule has 1 aromatic carbocycles. The fourth-order valence-electron chi connectivity index (χ4n) is 4.25. The molecule has 1 aromatic rings. The number of aliphatic imine (C=N–C) groups is 1. The van der Waals surface area contributed by atoms with E-state index in [0.29, 0.717) is 6.61 Å². The molecule has 21 heavy (non-hydrogen) atoms. The van der Waals surface area contributed by atoms with Gasteiger partial charge in [0.25, 0.3) is 0 Å². The van der Waals surface area contributed by atoms with Crippen molar-refractivity contribution in [1.29, 1.82) is 0 Å². The molecule has 1 spiro atoms. The predicted molar refractivity (Wildman–Crippen MR) is 88.9 cm³/mol. The molecule has 1 atom stereocenters. The molecular formula is C18H26N2O. The Morgan fingerprint density at radius 2 is 1.67 bits per heavy atom. The van der Waals surface area contributed by atoms with Gasteiger partial charge in [0, 0.05) is 18.2 Å². The molecule has 0 amide bonds. The Morgan fingerprint density at radius 1 is 1.05 bits per heavy atom. The number of fused-ring (bicyclic) bond motifs is 1. The molecule has 1 unspecified atom stereocenters. The third-order valence-corrected chi connectivity index (χ3v) is 5.82. The molecule has 2 aliphatic rings. The number of hydrogen-bond donors (Lipinski definition) is 0. The van der Waals surface area contributed by atoms with Gasteiger partial charge < -0.3 is 9.64 Å². The van der Waals surface area contributed by atoms with Gasteiger partial charge in [0.05, 0.1) is 19.4 Å². The Hall–Kier alpha value is -1.35. The lowest BCUT2D eigenvalue weighted by molar-refractivity contribution is -0.0301. The van der Waals surface area contributed by atoms with Gasteiger partial charge in [-0.15, -0.1) is 0 Å². The van der Waals surface area contributed by atoms with Crippen molar-refractivity contribution in [3.63, 3.8) is 0 Å². The van der Waals surface area contributed by atoms with Crippen molar-refractivity contribution in [3.8, 4) is 0 Å². The second kappa shape index (κ2) is 4.33. The lowest BCUT2D eigenvalue weighted by atomic mass is 9.74. The second-order valence-electron chi connectivity index (χ2n) is 6.99.